The highest BCUT2D eigenvalue weighted by Crippen LogP contribution is 2.31. The van der Waals surface area contributed by atoms with Crippen molar-refractivity contribution in [3.8, 4) is 0 Å². The maximum absolute atomic E-state index is 12.5. The number of hydrogen-bond donors (Lipinski definition) is 3. The summed E-state index contributed by atoms with van der Waals surface area (Å²) in [5.74, 6) is -0.261. The number of benzene rings is 1. The van der Waals surface area contributed by atoms with Crippen molar-refractivity contribution >= 4 is 62.3 Å². The number of amides is 1. The van der Waals surface area contributed by atoms with Crippen LogP contribution in [0.5, 0.6) is 0 Å². The fourth-order valence-electron chi connectivity index (χ4n) is 2.05. The zero-order chi connectivity index (χ0) is 21.1. The molecule has 12 heteroatoms. The molecule has 2 rings (SSSR count). The van der Waals surface area contributed by atoms with Crippen LogP contribution in [0.1, 0.15) is 24.6 Å². The van der Waals surface area contributed by atoms with Gasteiger partial charge in [-0.2, -0.15) is 0 Å². The number of rotatable bonds is 7. The molecule has 154 valence electrons. The van der Waals surface area contributed by atoms with Gasteiger partial charge in [-0.1, -0.05) is 46.9 Å². The van der Waals surface area contributed by atoms with E-state index in [2.05, 4.69) is 20.5 Å². The Labute approximate surface area is 177 Å². The van der Waals surface area contributed by atoms with Crippen LogP contribution < -0.4 is 15.4 Å². The first-order valence-corrected chi connectivity index (χ1v) is 10.7. The summed E-state index contributed by atoms with van der Waals surface area (Å²) in [6.45, 7) is 5.06. The van der Waals surface area contributed by atoms with E-state index in [-0.39, 0.29) is 23.1 Å². The van der Waals surface area contributed by atoms with Gasteiger partial charge in [0, 0.05) is 17.7 Å². The minimum absolute atomic E-state index is 0.00506. The molecule has 1 amide bonds. The fraction of sp³-hybridized carbons (Fsp3) is 0.375. The highest BCUT2D eigenvalue weighted by Gasteiger charge is 2.33. The number of nitrogens with one attached hydrogen (secondary N) is 3. The summed E-state index contributed by atoms with van der Waals surface area (Å²) in [6, 6.07) is 5.68. The summed E-state index contributed by atoms with van der Waals surface area (Å²) in [4.78, 5) is 11.6. The van der Waals surface area contributed by atoms with Crippen LogP contribution in [0.3, 0.4) is 0 Å². The number of hydrogen-bond acceptors (Lipinski definition) is 6. The van der Waals surface area contributed by atoms with Gasteiger partial charge in [-0.15, -0.1) is 0 Å². The Morgan fingerprint density at radius 3 is 2.29 bits per heavy atom. The van der Waals surface area contributed by atoms with Gasteiger partial charge in [-0.25, -0.2) is 13.1 Å². The molecule has 0 saturated heterocycles. The molecule has 0 aliphatic heterocycles. The van der Waals surface area contributed by atoms with Crippen molar-refractivity contribution in [3.63, 3.8) is 0 Å². The van der Waals surface area contributed by atoms with Crippen LogP contribution in [0.15, 0.2) is 33.7 Å². The number of carbonyl (C=O) groups excluding carboxylic acids is 1. The van der Waals surface area contributed by atoms with E-state index in [1.165, 1.54) is 24.3 Å². The van der Waals surface area contributed by atoms with E-state index >= 15 is 0 Å². The second-order valence-electron chi connectivity index (χ2n) is 5.89. The lowest BCUT2D eigenvalue weighted by molar-refractivity contribution is -0.121. The van der Waals surface area contributed by atoms with Crippen molar-refractivity contribution in [1.82, 2.24) is 10.5 Å². The first-order valence-electron chi connectivity index (χ1n) is 8.12. The summed E-state index contributed by atoms with van der Waals surface area (Å²) < 4.78 is 30.5. The van der Waals surface area contributed by atoms with Crippen molar-refractivity contribution < 1.29 is 17.7 Å². The summed E-state index contributed by atoms with van der Waals surface area (Å²) >= 11 is 17.7. The summed E-state index contributed by atoms with van der Waals surface area (Å²) in [7, 11) is -3.88. The first-order chi connectivity index (χ1) is 12.9. The number of aromatic nitrogens is 1. The number of halogens is 3. The third-order valence-corrected chi connectivity index (χ3v) is 5.82. The van der Waals surface area contributed by atoms with Gasteiger partial charge in [0.1, 0.15) is 6.17 Å². The molecule has 2 aromatic rings. The lowest BCUT2D eigenvalue weighted by Gasteiger charge is -2.27. The molecule has 0 bridgehead atoms. The monoisotopic (exact) mass is 468 g/mol. The molecule has 3 N–H and O–H groups in total. The van der Waals surface area contributed by atoms with Crippen LogP contribution in [-0.2, 0) is 14.8 Å². The molecule has 0 fully saturated rings. The Balaban J connectivity index is 2.17. The summed E-state index contributed by atoms with van der Waals surface area (Å²) in [5.41, 5.74) is 1.63. The number of anilines is 2. The smallest absolute Gasteiger partial charge is 0.264 e. The lowest BCUT2D eigenvalue weighted by Crippen LogP contribution is -2.48. The highest BCUT2D eigenvalue weighted by atomic mass is 35.6. The number of nitrogens with zero attached hydrogens (tertiary/aromatic N) is 1. The van der Waals surface area contributed by atoms with Crippen LogP contribution in [0.25, 0.3) is 0 Å². The Morgan fingerprint density at radius 1 is 1.21 bits per heavy atom. The molecule has 28 heavy (non-hydrogen) atoms. The fourth-order valence-corrected chi connectivity index (χ4v) is 3.43. The van der Waals surface area contributed by atoms with E-state index in [0.29, 0.717) is 16.9 Å². The van der Waals surface area contributed by atoms with E-state index in [4.69, 9.17) is 39.3 Å². The van der Waals surface area contributed by atoms with Gasteiger partial charge in [0.05, 0.1) is 10.6 Å². The minimum Gasteiger partial charge on any atom is -0.362 e. The van der Waals surface area contributed by atoms with E-state index in [1.54, 1.807) is 20.8 Å². The molecule has 0 saturated carbocycles. The maximum atomic E-state index is 12.5. The van der Waals surface area contributed by atoms with Gasteiger partial charge in [0.2, 0.25) is 15.6 Å². The van der Waals surface area contributed by atoms with Crippen molar-refractivity contribution in [2.45, 2.75) is 42.0 Å². The molecule has 1 unspecified atom stereocenters. The van der Waals surface area contributed by atoms with Crippen LogP contribution in [-0.4, -0.2) is 29.4 Å². The van der Waals surface area contributed by atoms with Gasteiger partial charge in [0.25, 0.3) is 10.0 Å². The van der Waals surface area contributed by atoms with Gasteiger partial charge in [-0.05, 0) is 38.1 Å². The molecule has 1 aromatic carbocycles. The van der Waals surface area contributed by atoms with Crippen LogP contribution in [0.2, 0.25) is 0 Å². The molecule has 0 aliphatic carbocycles. The Hall–Kier alpha value is -1.68. The Morgan fingerprint density at radius 2 is 1.82 bits per heavy atom. The standard InChI is InChI=1S/C16H19Cl3N4O4S/c1-4-13(24)21-15(16(17,18)19)20-11-5-7-12(8-6-11)28(25,26)23-14-9(2)10(3)22-27-14/h5-8,15,20,23H,4H2,1-3H3,(H,21,24). The van der Waals surface area contributed by atoms with Crippen molar-refractivity contribution in [1.29, 1.82) is 0 Å². The largest absolute Gasteiger partial charge is 0.362 e. The second kappa shape index (κ2) is 8.77. The summed E-state index contributed by atoms with van der Waals surface area (Å²) in [6.07, 6.45) is -0.798. The predicted octanol–water partition coefficient (Wildman–Crippen LogP) is 3.73. The van der Waals surface area contributed by atoms with Gasteiger partial charge in [0.15, 0.2) is 0 Å². The van der Waals surface area contributed by atoms with Crippen LogP contribution >= 0.6 is 34.8 Å². The number of sulfonamides is 1. The van der Waals surface area contributed by atoms with E-state index in [0.717, 1.165) is 0 Å². The molecule has 0 radical (unpaired) electrons. The topological polar surface area (TPSA) is 113 Å². The van der Waals surface area contributed by atoms with E-state index < -0.39 is 20.0 Å². The van der Waals surface area contributed by atoms with Gasteiger partial charge < -0.3 is 15.2 Å². The van der Waals surface area contributed by atoms with Gasteiger partial charge in [-0.3, -0.25) is 4.79 Å². The normalized spacial score (nSPS) is 13.1. The SMILES string of the molecule is CCC(=O)NC(Nc1ccc(S(=O)(=O)Nc2onc(C)c2C)cc1)C(Cl)(Cl)Cl. The number of carbonyl (C=O) groups is 1. The zero-order valence-corrected chi connectivity index (χ0v) is 18.3. The maximum Gasteiger partial charge on any atom is 0.264 e. The molecule has 1 aromatic heterocycles. The quantitative estimate of drug-likeness (QED) is 0.421. The van der Waals surface area contributed by atoms with E-state index in [9.17, 15) is 13.2 Å². The predicted molar refractivity (Wildman–Crippen MR) is 109 cm³/mol. The average molecular weight is 470 g/mol. The average Bonchev–Trinajstić information content (AvgIpc) is 2.92. The van der Waals surface area contributed by atoms with Gasteiger partial charge >= 0.3 is 0 Å². The number of aryl methyl sites for hydroxylation is 1. The zero-order valence-electron chi connectivity index (χ0n) is 15.2. The number of alkyl halides is 3. The van der Waals surface area contributed by atoms with E-state index in [1.807, 2.05) is 0 Å². The minimum atomic E-state index is -3.88. The van der Waals surface area contributed by atoms with Crippen molar-refractivity contribution in [2.24, 2.45) is 0 Å². The third kappa shape index (κ3) is 5.66. The molecular weight excluding hydrogens is 451 g/mol. The molecule has 1 atom stereocenters. The van der Waals surface area contributed by atoms with Crippen LogP contribution in [0, 0.1) is 13.8 Å². The van der Waals surface area contributed by atoms with Crippen molar-refractivity contribution in [2.75, 3.05) is 10.0 Å². The molecule has 8 nitrogen and oxygen atoms in total. The third-order valence-electron chi connectivity index (χ3n) is 3.81. The molecule has 0 spiro atoms. The summed E-state index contributed by atoms with van der Waals surface area (Å²) in [5, 5.41) is 9.11. The van der Waals surface area contributed by atoms with Crippen LogP contribution in [0.4, 0.5) is 11.6 Å². The second-order valence-corrected chi connectivity index (χ2v) is 9.94. The van der Waals surface area contributed by atoms with Crippen molar-refractivity contribution in [3.05, 3.63) is 35.5 Å². The highest BCUT2D eigenvalue weighted by molar-refractivity contribution is 7.92. The first kappa shape index (κ1) is 22.6. The molecule has 0 aliphatic rings. The lowest BCUT2D eigenvalue weighted by atomic mass is 10.3. The molecule has 1 heterocycles. The molecular formula is C16H19Cl3N4O4S. The Kier molecular flexibility index (Phi) is 7.08. The Bertz CT molecular complexity index is 940.